The number of benzene rings is 1. The van der Waals surface area contributed by atoms with E-state index < -0.39 is 0 Å². The summed E-state index contributed by atoms with van der Waals surface area (Å²) in [5.41, 5.74) is 0.758. The van der Waals surface area contributed by atoms with Crippen molar-refractivity contribution in [2.24, 2.45) is 5.92 Å². The minimum atomic E-state index is -0.0773. The van der Waals surface area contributed by atoms with Crippen molar-refractivity contribution in [2.45, 2.75) is 19.1 Å². The number of amides is 2. The first-order valence-electron chi connectivity index (χ1n) is 7.27. The van der Waals surface area contributed by atoms with Crippen LogP contribution in [0.4, 0.5) is 10.5 Å². The minimum Gasteiger partial charge on any atom is -0.350 e. The SMILES string of the molecule is O=C(Nc1ccc(Cl)cc1)N1CCC(C2OCCO2)CC1. The maximum Gasteiger partial charge on any atom is 0.321 e. The van der Waals surface area contributed by atoms with Crippen molar-refractivity contribution < 1.29 is 14.3 Å². The molecule has 21 heavy (non-hydrogen) atoms. The normalized spacial score (nSPS) is 20.7. The Morgan fingerprint density at radius 3 is 2.38 bits per heavy atom. The summed E-state index contributed by atoms with van der Waals surface area (Å²) in [6.07, 6.45) is 1.75. The molecule has 0 radical (unpaired) electrons. The average Bonchev–Trinajstić information content (AvgIpc) is 3.04. The van der Waals surface area contributed by atoms with Crippen molar-refractivity contribution in [3.8, 4) is 0 Å². The summed E-state index contributed by atoms with van der Waals surface area (Å²) in [5.74, 6) is 0.395. The predicted octanol–water partition coefficient (Wildman–Crippen LogP) is 2.96. The van der Waals surface area contributed by atoms with Gasteiger partial charge >= 0.3 is 6.03 Å². The molecule has 2 amide bonds. The fraction of sp³-hybridized carbons (Fsp3) is 0.533. The summed E-state index contributed by atoms with van der Waals surface area (Å²) in [7, 11) is 0. The fourth-order valence-corrected chi connectivity index (χ4v) is 2.89. The lowest BCUT2D eigenvalue weighted by atomic mass is 9.96. The molecule has 2 heterocycles. The van der Waals surface area contributed by atoms with Crippen LogP contribution in [0.2, 0.25) is 5.02 Å². The number of piperidine rings is 1. The number of hydrogen-bond donors (Lipinski definition) is 1. The Labute approximate surface area is 129 Å². The molecular formula is C15H19ClN2O3. The number of hydrogen-bond acceptors (Lipinski definition) is 3. The Balaban J connectivity index is 1.49. The van der Waals surface area contributed by atoms with Crippen LogP contribution in [-0.2, 0) is 9.47 Å². The number of urea groups is 1. The standard InChI is InChI=1S/C15H19ClN2O3/c16-12-1-3-13(4-2-12)17-15(19)18-7-5-11(6-8-18)14-20-9-10-21-14/h1-4,11,14H,5-10H2,(H,17,19). The molecule has 2 aliphatic rings. The van der Waals surface area contributed by atoms with Gasteiger partial charge in [-0.3, -0.25) is 0 Å². The Kier molecular flexibility index (Phi) is 4.63. The highest BCUT2D eigenvalue weighted by Crippen LogP contribution is 2.26. The summed E-state index contributed by atoms with van der Waals surface area (Å²) >= 11 is 5.83. The number of rotatable bonds is 2. The number of likely N-dealkylation sites (tertiary alicyclic amines) is 1. The summed E-state index contributed by atoms with van der Waals surface area (Å²) in [6.45, 7) is 2.82. The number of carbonyl (C=O) groups excluding carboxylic acids is 1. The van der Waals surface area contributed by atoms with Crippen LogP contribution in [0.25, 0.3) is 0 Å². The lowest BCUT2D eigenvalue weighted by molar-refractivity contribution is -0.0950. The van der Waals surface area contributed by atoms with Crippen LogP contribution in [0.15, 0.2) is 24.3 Å². The molecule has 0 saturated carbocycles. The number of nitrogens with one attached hydrogen (secondary N) is 1. The van der Waals surface area contributed by atoms with Crippen molar-refractivity contribution in [1.29, 1.82) is 0 Å². The quantitative estimate of drug-likeness (QED) is 0.913. The molecular weight excluding hydrogens is 292 g/mol. The molecule has 2 aliphatic heterocycles. The molecule has 1 N–H and O–H groups in total. The largest absolute Gasteiger partial charge is 0.350 e. The Morgan fingerprint density at radius 2 is 1.76 bits per heavy atom. The van der Waals surface area contributed by atoms with Crippen LogP contribution >= 0.6 is 11.6 Å². The molecule has 1 aromatic rings. The first-order chi connectivity index (χ1) is 10.2. The van der Waals surface area contributed by atoms with Crippen LogP contribution in [-0.4, -0.2) is 43.5 Å². The van der Waals surface area contributed by atoms with Gasteiger partial charge in [0.15, 0.2) is 6.29 Å². The van der Waals surface area contributed by atoms with E-state index in [0.29, 0.717) is 24.2 Å². The van der Waals surface area contributed by atoms with Crippen LogP contribution in [0.1, 0.15) is 12.8 Å². The van der Waals surface area contributed by atoms with E-state index in [1.54, 1.807) is 24.3 Å². The number of ether oxygens (including phenoxy) is 2. The number of carbonyl (C=O) groups is 1. The molecule has 6 heteroatoms. The van der Waals surface area contributed by atoms with Crippen LogP contribution < -0.4 is 5.32 Å². The smallest absolute Gasteiger partial charge is 0.321 e. The molecule has 0 aliphatic carbocycles. The van der Waals surface area contributed by atoms with Gasteiger partial charge in [-0.1, -0.05) is 11.6 Å². The third-order valence-corrected chi connectivity index (χ3v) is 4.21. The van der Waals surface area contributed by atoms with E-state index in [2.05, 4.69) is 5.32 Å². The first kappa shape index (κ1) is 14.6. The number of nitrogens with zero attached hydrogens (tertiary/aromatic N) is 1. The maximum atomic E-state index is 12.2. The van der Waals surface area contributed by atoms with Gasteiger partial charge in [-0.2, -0.15) is 0 Å². The van der Waals surface area contributed by atoms with Crippen molar-refractivity contribution in [3.63, 3.8) is 0 Å². The highest BCUT2D eigenvalue weighted by atomic mass is 35.5. The molecule has 0 aromatic heterocycles. The molecule has 0 atom stereocenters. The van der Waals surface area contributed by atoms with E-state index in [4.69, 9.17) is 21.1 Å². The molecule has 2 saturated heterocycles. The highest BCUT2D eigenvalue weighted by Gasteiger charge is 2.31. The van der Waals surface area contributed by atoms with Crippen molar-refractivity contribution >= 4 is 23.3 Å². The van der Waals surface area contributed by atoms with Gasteiger partial charge < -0.3 is 19.7 Å². The van der Waals surface area contributed by atoms with E-state index in [1.165, 1.54) is 0 Å². The molecule has 0 spiro atoms. The molecule has 0 unspecified atom stereocenters. The lowest BCUT2D eigenvalue weighted by Crippen LogP contribution is -2.43. The van der Waals surface area contributed by atoms with E-state index in [1.807, 2.05) is 4.90 Å². The second kappa shape index (κ2) is 6.64. The van der Waals surface area contributed by atoms with Crippen LogP contribution in [0, 0.1) is 5.92 Å². The van der Waals surface area contributed by atoms with Crippen molar-refractivity contribution in [1.82, 2.24) is 4.90 Å². The summed E-state index contributed by atoms with van der Waals surface area (Å²) in [4.78, 5) is 14.0. The Morgan fingerprint density at radius 1 is 1.14 bits per heavy atom. The molecule has 3 rings (SSSR count). The fourth-order valence-electron chi connectivity index (χ4n) is 2.76. The Hall–Kier alpha value is -1.30. The van der Waals surface area contributed by atoms with E-state index in [-0.39, 0.29) is 12.3 Å². The van der Waals surface area contributed by atoms with Crippen molar-refractivity contribution in [2.75, 3.05) is 31.6 Å². The zero-order valence-electron chi connectivity index (χ0n) is 11.8. The third kappa shape index (κ3) is 3.67. The lowest BCUT2D eigenvalue weighted by Gasteiger charge is -2.33. The molecule has 1 aromatic carbocycles. The number of halogens is 1. The second-order valence-electron chi connectivity index (χ2n) is 5.37. The molecule has 0 bridgehead atoms. The maximum absolute atomic E-state index is 12.2. The van der Waals surface area contributed by atoms with Crippen LogP contribution in [0.3, 0.4) is 0 Å². The zero-order valence-corrected chi connectivity index (χ0v) is 12.5. The third-order valence-electron chi connectivity index (χ3n) is 3.95. The molecule has 2 fully saturated rings. The zero-order chi connectivity index (χ0) is 14.7. The van der Waals surface area contributed by atoms with Gasteiger partial charge in [0.1, 0.15) is 0 Å². The molecule has 5 nitrogen and oxygen atoms in total. The van der Waals surface area contributed by atoms with E-state index in [0.717, 1.165) is 31.6 Å². The highest BCUT2D eigenvalue weighted by molar-refractivity contribution is 6.30. The van der Waals surface area contributed by atoms with Crippen molar-refractivity contribution in [3.05, 3.63) is 29.3 Å². The summed E-state index contributed by atoms with van der Waals surface area (Å²) in [6, 6.07) is 7.06. The number of anilines is 1. The van der Waals surface area contributed by atoms with Gasteiger partial charge in [-0.05, 0) is 37.1 Å². The second-order valence-corrected chi connectivity index (χ2v) is 5.81. The van der Waals surface area contributed by atoms with E-state index >= 15 is 0 Å². The van der Waals surface area contributed by atoms with Gasteiger partial charge in [0.05, 0.1) is 13.2 Å². The first-order valence-corrected chi connectivity index (χ1v) is 7.65. The minimum absolute atomic E-state index is 0.0657. The summed E-state index contributed by atoms with van der Waals surface area (Å²) in [5, 5.41) is 3.55. The van der Waals surface area contributed by atoms with Gasteiger partial charge in [0, 0.05) is 29.7 Å². The van der Waals surface area contributed by atoms with Crippen LogP contribution in [0.5, 0.6) is 0 Å². The summed E-state index contributed by atoms with van der Waals surface area (Å²) < 4.78 is 11.1. The van der Waals surface area contributed by atoms with Gasteiger partial charge in [0.2, 0.25) is 0 Å². The molecule has 114 valence electrons. The topological polar surface area (TPSA) is 50.8 Å². The van der Waals surface area contributed by atoms with Gasteiger partial charge in [0.25, 0.3) is 0 Å². The van der Waals surface area contributed by atoms with Gasteiger partial charge in [-0.15, -0.1) is 0 Å². The van der Waals surface area contributed by atoms with E-state index in [9.17, 15) is 4.79 Å². The predicted molar refractivity (Wildman–Crippen MR) is 80.5 cm³/mol. The Bertz CT molecular complexity index is 480. The van der Waals surface area contributed by atoms with Gasteiger partial charge in [-0.25, -0.2) is 4.79 Å². The monoisotopic (exact) mass is 310 g/mol. The average molecular weight is 311 g/mol.